The third-order valence-corrected chi connectivity index (χ3v) is 3.95. The van der Waals surface area contributed by atoms with Gasteiger partial charge < -0.3 is 9.73 Å². The number of nitrogens with one attached hydrogen (secondary N) is 2. The van der Waals surface area contributed by atoms with Gasteiger partial charge >= 0.3 is 6.01 Å². The highest BCUT2D eigenvalue weighted by Gasteiger charge is 2.22. The fourth-order valence-corrected chi connectivity index (χ4v) is 2.84. The largest absolute Gasteiger partial charge is 0.406 e. The van der Waals surface area contributed by atoms with Crippen molar-refractivity contribution >= 4 is 27.9 Å². The number of amides is 1. The Bertz CT molecular complexity index is 665. The minimum atomic E-state index is -0.255. The first-order valence-electron chi connectivity index (χ1n) is 6.78. The molecule has 1 unspecified atom stereocenters. The molecule has 3 rings (SSSR count). The van der Waals surface area contributed by atoms with Gasteiger partial charge in [-0.05, 0) is 50.1 Å². The summed E-state index contributed by atoms with van der Waals surface area (Å²) in [4.78, 5) is 12.2. The van der Waals surface area contributed by atoms with E-state index in [9.17, 15) is 4.79 Å². The van der Waals surface area contributed by atoms with E-state index in [2.05, 4.69) is 36.8 Å². The van der Waals surface area contributed by atoms with E-state index in [4.69, 9.17) is 4.42 Å². The van der Waals surface area contributed by atoms with Crippen molar-refractivity contribution in [2.75, 3.05) is 11.9 Å². The Hall–Kier alpha value is -1.73. The van der Waals surface area contributed by atoms with E-state index in [1.54, 1.807) is 6.07 Å². The number of anilines is 1. The Morgan fingerprint density at radius 2 is 2.33 bits per heavy atom. The summed E-state index contributed by atoms with van der Waals surface area (Å²) >= 11 is 3.37. The highest BCUT2D eigenvalue weighted by atomic mass is 79.9. The highest BCUT2D eigenvalue weighted by molar-refractivity contribution is 9.10. The van der Waals surface area contributed by atoms with E-state index < -0.39 is 0 Å². The number of aromatic nitrogens is 2. The number of rotatable bonds is 3. The summed E-state index contributed by atoms with van der Waals surface area (Å²) in [6.45, 7) is 2.83. The molecular weight excluding hydrogens is 336 g/mol. The Kier molecular flexibility index (Phi) is 4.03. The number of carbonyl (C=O) groups is 1. The summed E-state index contributed by atoms with van der Waals surface area (Å²) in [6, 6.07) is 5.69. The zero-order valence-corrected chi connectivity index (χ0v) is 13.1. The quantitative estimate of drug-likeness (QED) is 0.889. The molecule has 6 nitrogen and oxygen atoms in total. The SMILES string of the molecule is Cc1cc(Br)ccc1C(=O)Nc1nnc(C2CCCN2)o1. The normalized spacial score (nSPS) is 17.9. The zero-order chi connectivity index (χ0) is 14.8. The van der Waals surface area contributed by atoms with Gasteiger partial charge in [0, 0.05) is 10.0 Å². The van der Waals surface area contributed by atoms with Gasteiger partial charge in [-0.25, -0.2) is 0 Å². The fraction of sp³-hybridized carbons (Fsp3) is 0.357. The van der Waals surface area contributed by atoms with Crippen LogP contribution in [0.15, 0.2) is 27.1 Å². The van der Waals surface area contributed by atoms with E-state index >= 15 is 0 Å². The van der Waals surface area contributed by atoms with Crippen molar-refractivity contribution in [3.05, 3.63) is 39.7 Å². The summed E-state index contributed by atoms with van der Waals surface area (Å²) in [5, 5.41) is 13.8. The van der Waals surface area contributed by atoms with Crippen LogP contribution >= 0.6 is 15.9 Å². The number of hydrogen-bond acceptors (Lipinski definition) is 5. The lowest BCUT2D eigenvalue weighted by molar-refractivity contribution is 0.102. The average Bonchev–Trinajstić information content (AvgIpc) is 3.08. The molecule has 1 aliphatic heterocycles. The molecule has 1 atom stereocenters. The summed E-state index contributed by atoms with van der Waals surface area (Å²) in [7, 11) is 0. The molecule has 1 aromatic heterocycles. The zero-order valence-electron chi connectivity index (χ0n) is 11.5. The van der Waals surface area contributed by atoms with Crippen molar-refractivity contribution in [3.63, 3.8) is 0 Å². The number of nitrogens with zero attached hydrogens (tertiary/aromatic N) is 2. The molecule has 1 aromatic carbocycles. The van der Waals surface area contributed by atoms with Crippen LogP contribution in [-0.4, -0.2) is 22.6 Å². The molecule has 0 spiro atoms. The molecule has 1 saturated heterocycles. The smallest absolute Gasteiger partial charge is 0.322 e. The monoisotopic (exact) mass is 350 g/mol. The van der Waals surface area contributed by atoms with Crippen LogP contribution in [0, 0.1) is 6.92 Å². The average molecular weight is 351 g/mol. The van der Waals surface area contributed by atoms with E-state index in [0.717, 1.165) is 29.4 Å². The maximum absolute atomic E-state index is 12.2. The predicted molar refractivity (Wildman–Crippen MR) is 81.1 cm³/mol. The third kappa shape index (κ3) is 3.14. The first kappa shape index (κ1) is 14.2. The Morgan fingerprint density at radius 1 is 1.48 bits per heavy atom. The van der Waals surface area contributed by atoms with Crippen molar-refractivity contribution in [2.24, 2.45) is 0 Å². The van der Waals surface area contributed by atoms with E-state index in [-0.39, 0.29) is 18.0 Å². The molecule has 2 N–H and O–H groups in total. The van der Waals surface area contributed by atoms with Crippen molar-refractivity contribution in [1.82, 2.24) is 15.5 Å². The maximum Gasteiger partial charge on any atom is 0.322 e. The maximum atomic E-state index is 12.2. The van der Waals surface area contributed by atoms with Crippen LogP contribution in [-0.2, 0) is 0 Å². The van der Waals surface area contributed by atoms with Crippen LogP contribution < -0.4 is 10.6 Å². The topological polar surface area (TPSA) is 80.0 Å². The lowest BCUT2D eigenvalue weighted by atomic mass is 10.1. The number of hydrogen-bond donors (Lipinski definition) is 2. The van der Waals surface area contributed by atoms with Crippen LogP contribution in [0.5, 0.6) is 0 Å². The van der Waals surface area contributed by atoms with Crippen molar-refractivity contribution in [2.45, 2.75) is 25.8 Å². The number of halogens is 1. The minimum Gasteiger partial charge on any atom is -0.406 e. The highest BCUT2D eigenvalue weighted by Crippen LogP contribution is 2.23. The molecule has 110 valence electrons. The van der Waals surface area contributed by atoms with Gasteiger partial charge in [-0.1, -0.05) is 21.0 Å². The van der Waals surface area contributed by atoms with Crippen molar-refractivity contribution in [1.29, 1.82) is 0 Å². The van der Waals surface area contributed by atoms with Crippen LogP contribution in [0.2, 0.25) is 0 Å². The molecule has 0 bridgehead atoms. The molecule has 0 radical (unpaired) electrons. The molecule has 1 fully saturated rings. The van der Waals surface area contributed by atoms with Gasteiger partial charge in [0.2, 0.25) is 5.89 Å². The summed E-state index contributed by atoms with van der Waals surface area (Å²) in [6.07, 6.45) is 2.06. The number of benzene rings is 1. The second-order valence-corrected chi connectivity index (χ2v) is 5.92. The second-order valence-electron chi connectivity index (χ2n) is 5.01. The molecule has 1 aliphatic rings. The summed E-state index contributed by atoms with van der Waals surface area (Å²) in [5.74, 6) is 0.268. The van der Waals surface area contributed by atoms with Gasteiger partial charge in [-0.2, -0.15) is 0 Å². The Morgan fingerprint density at radius 3 is 3.05 bits per heavy atom. The van der Waals surface area contributed by atoms with Crippen molar-refractivity contribution in [3.8, 4) is 0 Å². The first-order valence-corrected chi connectivity index (χ1v) is 7.57. The van der Waals surface area contributed by atoms with Gasteiger partial charge in [0.1, 0.15) is 0 Å². The van der Waals surface area contributed by atoms with Gasteiger partial charge in [0.05, 0.1) is 6.04 Å². The van der Waals surface area contributed by atoms with Gasteiger partial charge in [-0.3, -0.25) is 10.1 Å². The molecule has 7 heteroatoms. The van der Waals surface area contributed by atoms with Crippen LogP contribution in [0.25, 0.3) is 0 Å². The molecule has 2 aromatic rings. The summed E-state index contributed by atoms with van der Waals surface area (Å²) in [5.41, 5.74) is 1.45. The molecule has 2 heterocycles. The Balaban J connectivity index is 1.72. The Labute approximate surface area is 130 Å². The standard InChI is InChI=1S/C14H15BrN4O2/c1-8-7-9(15)4-5-10(8)12(20)17-14-19-18-13(21-14)11-3-2-6-16-11/h4-5,7,11,16H,2-3,6H2,1H3,(H,17,19,20). The molecular formula is C14H15BrN4O2. The fourth-order valence-electron chi connectivity index (χ4n) is 2.37. The summed E-state index contributed by atoms with van der Waals surface area (Å²) < 4.78 is 6.43. The molecule has 21 heavy (non-hydrogen) atoms. The van der Waals surface area contributed by atoms with Gasteiger partial charge in [0.25, 0.3) is 5.91 Å². The molecule has 0 saturated carbocycles. The van der Waals surface area contributed by atoms with Gasteiger partial charge in [0.15, 0.2) is 0 Å². The van der Waals surface area contributed by atoms with E-state index in [1.807, 2.05) is 19.1 Å². The van der Waals surface area contributed by atoms with Crippen molar-refractivity contribution < 1.29 is 9.21 Å². The number of aryl methyl sites for hydroxylation is 1. The second kappa shape index (κ2) is 5.95. The molecule has 0 aliphatic carbocycles. The third-order valence-electron chi connectivity index (χ3n) is 3.45. The predicted octanol–water partition coefficient (Wildman–Crippen LogP) is 2.82. The first-order chi connectivity index (χ1) is 10.1. The minimum absolute atomic E-state index is 0.0950. The lowest BCUT2D eigenvalue weighted by Crippen LogP contribution is -2.14. The van der Waals surface area contributed by atoms with Crippen LogP contribution in [0.3, 0.4) is 0 Å². The van der Waals surface area contributed by atoms with E-state index in [0.29, 0.717) is 11.5 Å². The van der Waals surface area contributed by atoms with Gasteiger partial charge in [-0.15, -0.1) is 5.10 Å². The number of carbonyl (C=O) groups excluding carboxylic acids is 1. The lowest BCUT2D eigenvalue weighted by Gasteiger charge is -2.05. The van der Waals surface area contributed by atoms with Crippen LogP contribution in [0.1, 0.15) is 40.7 Å². The molecule has 1 amide bonds. The van der Waals surface area contributed by atoms with Crippen LogP contribution in [0.4, 0.5) is 6.01 Å². The van der Waals surface area contributed by atoms with E-state index in [1.165, 1.54) is 0 Å².